The minimum Gasteiger partial charge on any atom is -0.480 e. The van der Waals surface area contributed by atoms with Crippen LogP contribution in [0.3, 0.4) is 0 Å². The Morgan fingerprint density at radius 1 is 1.50 bits per heavy atom. The fourth-order valence-electron chi connectivity index (χ4n) is 2.95. The minimum absolute atomic E-state index is 0.179. The molecule has 0 aromatic carbocycles. The summed E-state index contributed by atoms with van der Waals surface area (Å²) in [6.07, 6.45) is 2.80. The second-order valence-corrected chi connectivity index (χ2v) is 5.64. The number of likely N-dealkylation sites (tertiary alicyclic amines) is 1. The lowest BCUT2D eigenvalue weighted by atomic mass is 10.0. The maximum Gasteiger partial charge on any atom is 0.326 e. The fraction of sp³-hybridized carbons (Fsp3) is 0.615. The van der Waals surface area contributed by atoms with Gasteiger partial charge in [-0.2, -0.15) is 0 Å². The Hall–Kier alpha value is -2.05. The van der Waals surface area contributed by atoms with Crippen LogP contribution >= 0.6 is 0 Å². The van der Waals surface area contributed by atoms with Crippen LogP contribution in [0.5, 0.6) is 0 Å². The van der Waals surface area contributed by atoms with E-state index in [4.69, 9.17) is 0 Å². The number of carboxylic acid groups (broad SMARTS) is 1. The van der Waals surface area contributed by atoms with E-state index in [0.29, 0.717) is 19.0 Å². The van der Waals surface area contributed by atoms with E-state index < -0.39 is 12.0 Å². The number of nitrogens with one attached hydrogen (secondary N) is 1. The predicted octanol–water partition coefficient (Wildman–Crippen LogP) is 0.683. The maximum absolute atomic E-state index is 12.5. The van der Waals surface area contributed by atoms with Crippen LogP contribution in [0.2, 0.25) is 0 Å². The number of nitrogens with zero attached hydrogens (tertiary/aromatic N) is 3. The van der Waals surface area contributed by atoms with Crippen molar-refractivity contribution in [3.8, 4) is 0 Å². The molecule has 3 rings (SSSR count). The molecular weight excluding hydrogens is 260 g/mol. The Kier molecular flexibility index (Phi) is 3.11. The highest BCUT2D eigenvalue weighted by molar-refractivity contribution is 5.83. The van der Waals surface area contributed by atoms with Crippen LogP contribution in [-0.4, -0.2) is 56.0 Å². The molecule has 2 N–H and O–H groups in total. The first-order chi connectivity index (χ1) is 9.56. The van der Waals surface area contributed by atoms with E-state index in [1.54, 1.807) is 11.2 Å². The molecule has 2 aliphatic heterocycles. The van der Waals surface area contributed by atoms with Crippen molar-refractivity contribution in [1.82, 2.24) is 19.8 Å². The molecule has 0 radical (unpaired) electrons. The van der Waals surface area contributed by atoms with Crippen LogP contribution in [0, 0.1) is 5.92 Å². The van der Waals surface area contributed by atoms with Gasteiger partial charge in [0.05, 0.1) is 24.3 Å². The molecule has 0 aliphatic carbocycles. The smallest absolute Gasteiger partial charge is 0.326 e. The highest BCUT2D eigenvalue weighted by atomic mass is 16.4. The molecule has 1 saturated heterocycles. The number of H-pyrrole nitrogens is 1. The molecule has 108 valence electrons. The second-order valence-electron chi connectivity index (χ2n) is 5.64. The van der Waals surface area contributed by atoms with E-state index in [1.165, 1.54) is 4.90 Å². The average Bonchev–Trinajstić information content (AvgIpc) is 3.04. The molecule has 2 unspecified atom stereocenters. The van der Waals surface area contributed by atoms with Gasteiger partial charge in [-0.3, -0.25) is 0 Å². The van der Waals surface area contributed by atoms with E-state index >= 15 is 0 Å². The van der Waals surface area contributed by atoms with Crippen LogP contribution in [0.1, 0.15) is 24.7 Å². The van der Waals surface area contributed by atoms with E-state index in [2.05, 4.69) is 16.9 Å². The third-order valence-electron chi connectivity index (χ3n) is 4.12. The number of aromatic nitrogens is 2. The summed E-state index contributed by atoms with van der Waals surface area (Å²) in [6.45, 7) is 3.80. The first kappa shape index (κ1) is 13.0. The largest absolute Gasteiger partial charge is 0.480 e. The van der Waals surface area contributed by atoms with E-state index in [1.807, 2.05) is 0 Å². The van der Waals surface area contributed by atoms with Crippen molar-refractivity contribution in [1.29, 1.82) is 0 Å². The summed E-state index contributed by atoms with van der Waals surface area (Å²) in [7, 11) is 0. The van der Waals surface area contributed by atoms with Crippen molar-refractivity contribution in [2.75, 3.05) is 13.1 Å². The molecule has 7 heteroatoms. The molecule has 7 nitrogen and oxygen atoms in total. The van der Waals surface area contributed by atoms with Crippen molar-refractivity contribution >= 4 is 12.0 Å². The molecular formula is C13H18N4O3. The van der Waals surface area contributed by atoms with Gasteiger partial charge in [-0.15, -0.1) is 0 Å². The number of aromatic amines is 1. The summed E-state index contributed by atoms with van der Waals surface area (Å²) >= 11 is 0. The van der Waals surface area contributed by atoms with Gasteiger partial charge in [-0.05, 0) is 12.3 Å². The van der Waals surface area contributed by atoms with Crippen LogP contribution < -0.4 is 0 Å². The van der Waals surface area contributed by atoms with Crippen molar-refractivity contribution in [3.05, 3.63) is 17.7 Å². The zero-order valence-electron chi connectivity index (χ0n) is 11.4. The molecule has 1 aromatic heterocycles. The number of fused-ring (bicyclic) bond motifs is 1. The Labute approximate surface area is 116 Å². The summed E-state index contributed by atoms with van der Waals surface area (Å²) in [5.74, 6) is -0.492. The van der Waals surface area contributed by atoms with Crippen molar-refractivity contribution in [3.63, 3.8) is 0 Å². The third kappa shape index (κ3) is 2.13. The van der Waals surface area contributed by atoms with Gasteiger partial charge in [-0.1, -0.05) is 6.92 Å². The predicted molar refractivity (Wildman–Crippen MR) is 70.0 cm³/mol. The topological polar surface area (TPSA) is 89.5 Å². The van der Waals surface area contributed by atoms with Crippen molar-refractivity contribution < 1.29 is 14.7 Å². The summed E-state index contributed by atoms with van der Waals surface area (Å²) in [5.41, 5.74) is 1.58. The van der Waals surface area contributed by atoms with Gasteiger partial charge in [0.1, 0.15) is 6.04 Å². The Morgan fingerprint density at radius 3 is 2.95 bits per heavy atom. The molecule has 2 atom stereocenters. The molecule has 2 amide bonds. The molecule has 0 saturated carbocycles. The standard InChI is InChI=1S/C13H18N4O3/c1-8-2-3-16(5-8)13(20)17-6-10-9(14-7-15-10)4-11(17)12(18)19/h7-8,11H,2-6H2,1H3,(H,14,15)(H,18,19). The number of amides is 2. The van der Waals surface area contributed by atoms with Gasteiger partial charge in [0.2, 0.25) is 0 Å². The van der Waals surface area contributed by atoms with Gasteiger partial charge in [-0.25, -0.2) is 14.6 Å². The summed E-state index contributed by atoms with van der Waals surface area (Å²) in [4.78, 5) is 34.3. The Bertz CT molecular complexity index is 541. The van der Waals surface area contributed by atoms with Crippen molar-refractivity contribution in [2.45, 2.75) is 32.4 Å². The zero-order valence-corrected chi connectivity index (χ0v) is 11.4. The first-order valence-electron chi connectivity index (χ1n) is 6.85. The van der Waals surface area contributed by atoms with Crippen LogP contribution in [-0.2, 0) is 17.8 Å². The van der Waals surface area contributed by atoms with Gasteiger partial charge >= 0.3 is 12.0 Å². The van der Waals surface area contributed by atoms with Crippen LogP contribution in [0.4, 0.5) is 4.79 Å². The molecule has 1 aromatic rings. The maximum atomic E-state index is 12.5. The molecule has 0 spiro atoms. The lowest BCUT2D eigenvalue weighted by Gasteiger charge is -2.35. The molecule has 1 fully saturated rings. The van der Waals surface area contributed by atoms with E-state index in [9.17, 15) is 14.7 Å². The van der Waals surface area contributed by atoms with Gasteiger partial charge < -0.3 is 19.9 Å². The van der Waals surface area contributed by atoms with Gasteiger partial charge in [0, 0.05) is 19.5 Å². The van der Waals surface area contributed by atoms with Gasteiger partial charge in [0.15, 0.2) is 0 Å². The van der Waals surface area contributed by atoms with Crippen LogP contribution in [0.15, 0.2) is 6.33 Å². The Morgan fingerprint density at radius 2 is 2.30 bits per heavy atom. The molecule has 2 aliphatic rings. The number of urea groups is 1. The normalized spacial score (nSPS) is 25.6. The average molecular weight is 278 g/mol. The molecule has 20 heavy (non-hydrogen) atoms. The number of carbonyl (C=O) groups excluding carboxylic acids is 1. The third-order valence-corrected chi connectivity index (χ3v) is 4.12. The summed E-state index contributed by atoms with van der Waals surface area (Å²) < 4.78 is 0. The SMILES string of the molecule is CC1CCN(C(=O)N2Cc3[nH]cnc3CC2C(=O)O)C1. The number of hydrogen-bond donors (Lipinski definition) is 2. The Balaban J connectivity index is 1.83. The van der Waals surface area contributed by atoms with Gasteiger partial charge in [0.25, 0.3) is 0 Å². The highest BCUT2D eigenvalue weighted by Crippen LogP contribution is 2.24. The van der Waals surface area contributed by atoms with E-state index in [0.717, 1.165) is 17.8 Å². The fourth-order valence-corrected chi connectivity index (χ4v) is 2.95. The molecule has 0 bridgehead atoms. The zero-order chi connectivity index (χ0) is 14.3. The van der Waals surface area contributed by atoms with Crippen molar-refractivity contribution in [2.24, 2.45) is 5.92 Å². The first-order valence-corrected chi connectivity index (χ1v) is 6.85. The minimum atomic E-state index is -0.973. The highest BCUT2D eigenvalue weighted by Gasteiger charge is 2.38. The number of hydrogen-bond acceptors (Lipinski definition) is 3. The van der Waals surface area contributed by atoms with E-state index in [-0.39, 0.29) is 19.0 Å². The lowest BCUT2D eigenvalue weighted by molar-refractivity contribution is -0.142. The lowest BCUT2D eigenvalue weighted by Crippen LogP contribution is -2.53. The number of rotatable bonds is 1. The summed E-state index contributed by atoms with van der Waals surface area (Å²) in [5, 5.41) is 9.37. The van der Waals surface area contributed by atoms with Crippen LogP contribution in [0.25, 0.3) is 0 Å². The summed E-state index contributed by atoms with van der Waals surface area (Å²) in [6, 6.07) is -1.00. The quantitative estimate of drug-likeness (QED) is 0.790. The monoisotopic (exact) mass is 278 g/mol. The number of carboxylic acids is 1. The second kappa shape index (κ2) is 4.81. The number of aliphatic carboxylic acids is 1. The number of carbonyl (C=O) groups is 2. The number of imidazole rings is 1. The molecule has 3 heterocycles.